The van der Waals surface area contributed by atoms with Gasteiger partial charge >= 0.3 is 5.97 Å². The molecule has 2 N–H and O–H groups in total. The van der Waals surface area contributed by atoms with Gasteiger partial charge in [-0.1, -0.05) is 12.1 Å². The van der Waals surface area contributed by atoms with Crippen LogP contribution in [0.4, 0.5) is 11.4 Å². The summed E-state index contributed by atoms with van der Waals surface area (Å²) >= 11 is 0. The summed E-state index contributed by atoms with van der Waals surface area (Å²) in [6, 6.07) is 12.6. The van der Waals surface area contributed by atoms with E-state index in [1.807, 2.05) is 6.07 Å². The van der Waals surface area contributed by atoms with Gasteiger partial charge in [0, 0.05) is 24.4 Å². The number of nitro groups is 1. The number of nitrogens with one attached hydrogen (secondary N) is 1. The number of carboxylic acids is 1. The van der Waals surface area contributed by atoms with Crippen LogP contribution in [0.2, 0.25) is 0 Å². The molecular weight excluding hydrogens is 260 g/mol. The quantitative estimate of drug-likeness (QED) is 0.644. The lowest BCUT2D eigenvalue weighted by atomic mass is 10.1. The molecule has 0 aliphatic carbocycles. The van der Waals surface area contributed by atoms with Crippen molar-refractivity contribution in [1.29, 1.82) is 0 Å². The molecule has 0 saturated heterocycles. The molecule has 2 aromatic carbocycles. The third-order valence-electron chi connectivity index (χ3n) is 2.75. The fourth-order valence-corrected chi connectivity index (χ4v) is 1.72. The van der Waals surface area contributed by atoms with Gasteiger partial charge in [-0.25, -0.2) is 4.79 Å². The average Bonchev–Trinajstić information content (AvgIpc) is 2.46. The molecule has 6 heteroatoms. The minimum atomic E-state index is -0.970. The van der Waals surface area contributed by atoms with Crippen molar-refractivity contribution in [2.24, 2.45) is 0 Å². The summed E-state index contributed by atoms with van der Waals surface area (Å²) in [7, 11) is 0. The molecule has 0 spiro atoms. The number of carboxylic acid groups (broad SMARTS) is 1. The monoisotopic (exact) mass is 272 g/mol. The number of aromatic carboxylic acids is 1. The topological polar surface area (TPSA) is 92.5 Å². The number of hydrogen-bond acceptors (Lipinski definition) is 4. The fraction of sp³-hybridized carbons (Fsp3) is 0.0714. The summed E-state index contributed by atoms with van der Waals surface area (Å²) in [5.74, 6) is -0.970. The Morgan fingerprint density at radius 1 is 1.20 bits per heavy atom. The van der Waals surface area contributed by atoms with Crippen molar-refractivity contribution in [1.82, 2.24) is 0 Å². The molecule has 0 unspecified atom stereocenters. The number of nitro benzene ring substituents is 1. The van der Waals surface area contributed by atoms with Gasteiger partial charge in [0.15, 0.2) is 0 Å². The molecule has 0 bridgehead atoms. The van der Waals surface area contributed by atoms with Crippen LogP contribution in [0.15, 0.2) is 48.5 Å². The Kier molecular flexibility index (Phi) is 3.95. The predicted octanol–water partition coefficient (Wildman–Crippen LogP) is 2.91. The van der Waals surface area contributed by atoms with Gasteiger partial charge in [0.2, 0.25) is 0 Å². The molecule has 102 valence electrons. The van der Waals surface area contributed by atoms with Crippen molar-refractivity contribution in [3.63, 3.8) is 0 Å². The molecule has 0 amide bonds. The molecule has 0 radical (unpaired) electrons. The molecule has 0 aromatic heterocycles. The van der Waals surface area contributed by atoms with E-state index < -0.39 is 10.9 Å². The summed E-state index contributed by atoms with van der Waals surface area (Å²) in [6.45, 7) is 0.443. The fourth-order valence-electron chi connectivity index (χ4n) is 1.72. The van der Waals surface area contributed by atoms with Gasteiger partial charge in [-0.2, -0.15) is 0 Å². The lowest BCUT2D eigenvalue weighted by Gasteiger charge is -2.07. The Balaban J connectivity index is 2.03. The van der Waals surface area contributed by atoms with Crippen LogP contribution in [0.25, 0.3) is 0 Å². The van der Waals surface area contributed by atoms with E-state index in [9.17, 15) is 14.9 Å². The lowest BCUT2D eigenvalue weighted by molar-refractivity contribution is -0.384. The van der Waals surface area contributed by atoms with Gasteiger partial charge in [0.05, 0.1) is 10.5 Å². The molecule has 0 saturated carbocycles. The van der Waals surface area contributed by atoms with Crippen LogP contribution in [0.1, 0.15) is 15.9 Å². The number of rotatable bonds is 5. The van der Waals surface area contributed by atoms with Gasteiger partial charge in [0.1, 0.15) is 0 Å². The van der Waals surface area contributed by atoms with Crippen LogP contribution in [0.5, 0.6) is 0 Å². The van der Waals surface area contributed by atoms with Crippen molar-refractivity contribution in [3.05, 3.63) is 69.8 Å². The zero-order valence-corrected chi connectivity index (χ0v) is 10.4. The predicted molar refractivity (Wildman–Crippen MR) is 73.8 cm³/mol. The highest BCUT2D eigenvalue weighted by atomic mass is 16.6. The van der Waals surface area contributed by atoms with Crippen molar-refractivity contribution in [2.75, 3.05) is 5.32 Å². The normalized spacial score (nSPS) is 10.0. The molecule has 2 rings (SSSR count). The number of anilines is 1. The van der Waals surface area contributed by atoms with E-state index in [4.69, 9.17) is 5.11 Å². The molecule has 2 aromatic rings. The average molecular weight is 272 g/mol. The second-order valence-electron chi connectivity index (χ2n) is 4.16. The Morgan fingerprint density at radius 3 is 2.50 bits per heavy atom. The smallest absolute Gasteiger partial charge is 0.335 e. The lowest BCUT2D eigenvalue weighted by Crippen LogP contribution is -2.02. The Morgan fingerprint density at radius 2 is 1.90 bits per heavy atom. The summed E-state index contributed by atoms with van der Waals surface area (Å²) in [5, 5.41) is 22.5. The van der Waals surface area contributed by atoms with Gasteiger partial charge in [0.25, 0.3) is 5.69 Å². The minimum Gasteiger partial charge on any atom is -0.478 e. The third-order valence-corrected chi connectivity index (χ3v) is 2.75. The van der Waals surface area contributed by atoms with Gasteiger partial charge < -0.3 is 10.4 Å². The third kappa shape index (κ3) is 3.32. The second-order valence-corrected chi connectivity index (χ2v) is 4.16. The summed E-state index contributed by atoms with van der Waals surface area (Å²) < 4.78 is 0. The maximum absolute atomic E-state index is 10.8. The number of non-ortho nitro benzene ring substituents is 1. The molecule has 6 nitrogen and oxygen atoms in total. The molecule has 0 heterocycles. The Labute approximate surface area is 114 Å². The minimum absolute atomic E-state index is 0.0309. The highest BCUT2D eigenvalue weighted by Gasteiger charge is 2.05. The summed E-state index contributed by atoms with van der Waals surface area (Å²) in [5.41, 5.74) is 1.82. The maximum Gasteiger partial charge on any atom is 0.335 e. The van der Waals surface area contributed by atoms with Gasteiger partial charge in [-0.3, -0.25) is 10.1 Å². The molecule has 0 aliphatic rings. The van der Waals surface area contributed by atoms with E-state index in [-0.39, 0.29) is 11.3 Å². The molecule has 0 aliphatic heterocycles. The van der Waals surface area contributed by atoms with Gasteiger partial charge in [-0.05, 0) is 29.8 Å². The largest absolute Gasteiger partial charge is 0.478 e. The first-order chi connectivity index (χ1) is 9.56. The van der Waals surface area contributed by atoms with E-state index in [0.717, 1.165) is 11.3 Å². The zero-order chi connectivity index (χ0) is 14.5. The highest BCUT2D eigenvalue weighted by Crippen LogP contribution is 2.16. The van der Waals surface area contributed by atoms with Crippen molar-refractivity contribution >= 4 is 17.3 Å². The first-order valence-corrected chi connectivity index (χ1v) is 5.87. The van der Waals surface area contributed by atoms with Crippen LogP contribution in [0, 0.1) is 10.1 Å². The number of hydrogen-bond donors (Lipinski definition) is 2. The van der Waals surface area contributed by atoms with E-state index in [2.05, 4.69) is 5.32 Å². The molecule has 20 heavy (non-hydrogen) atoms. The van der Waals surface area contributed by atoms with Crippen LogP contribution in [-0.2, 0) is 6.54 Å². The van der Waals surface area contributed by atoms with Crippen molar-refractivity contribution in [3.8, 4) is 0 Å². The van der Waals surface area contributed by atoms with Crippen LogP contribution >= 0.6 is 0 Å². The Bertz CT molecular complexity index is 638. The van der Waals surface area contributed by atoms with E-state index in [1.165, 1.54) is 18.2 Å². The van der Waals surface area contributed by atoms with E-state index in [0.29, 0.717) is 6.54 Å². The number of carbonyl (C=O) groups is 1. The molecule has 0 fully saturated rings. The highest BCUT2D eigenvalue weighted by molar-refractivity contribution is 5.87. The van der Waals surface area contributed by atoms with Crippen LogP contribution < -0.4 is 5.32 Å². The zero-order valence-electron chi connectivity index (χ0n) is 10.4. The second kappa shape index (κ2) is 5.83. The van der Waals surface area contributed by atoms with Crippen LogP contribution in [0.3, 0.4) is 0 Å². The number of nitrogens with zero attached hydrogens (tertiary/aromatic N) is 1. The van der Waals surface area contributed by atoms with E-state index in [1.54, 1.807) is 24.3 Å². The first-order valence-electron chi connectivity index (χ1n) is 5.87. The Hall–Kier alpha value is -2.89. The standard InChI is InChI=1S/C14H12N2O4/c17-14(18)11-3-1-2-10(8-11)9-15-12-4-6-13(7-5-12)16(19)20/h1-8,15H,9H2,(H,17,18). The van der Waals surface area contributed by atoms with E-state index >= 15 is 0 Å². The number of benzene rings is 2. The molecule has 0 atom stereocenters. The van der Waals surface area contributed by atoms with Crippen molar-refractivity contribution in [2.45, 2.75) is 6.54 Å². The van der Waals surface area contributed by atoms with Gasteiger partial charge in [-0.15, -0.1) is 0 Å². The maximum atomic E-state index is 10.8. The van der Waals surface area contributed by atoms with Crippen molar-refractivity contribution < 1.29 is 14.8 Å². The molecular formula is C14H12N2O4. The van der Waals surface area contributed by atoms with Crippen LogP contribution in [-0.4, -0.2) is 16.0 Å². The SMILES string of the molecule is O=C(O)c1cccc(CNc2ccc([N+](=O)[O-])cc2)c1. The summed E-state index contributed by atoms with van der Waals surface area (Å²) in [6.07, 6.45) is 0. The first kappa shape index (κ1) is 13.5. The summed E-state index contributed by atoms with van der Waals surface area (Å²) in [4.78, 5) is 20.9.